The molecule has 1 aliphatic rings. The number of halogens is 1. The number of carbonyl (C=O) groups excluding carboxylic acids is 1. The van der Waals surface area contributed by atoms with Gasteiger partial charge in [0.15, 0.2) is 10.8 Å². The Labute approximate surface area is 112 Å². The largest absolute Gasteiger partial charge is 0.458 e. The molecule has 5 heteroatoms. The molecule has 98 valence electrons. The van der Waals surface area contributed by atoms with E-state index in [1.54, 1.807) is 0 Å². The first-order valence-electron chi connectivity index (χ1n) is 6.25. The Kier molecular flexibility index (Phi) is 4.17. The minimum Gasteiger partial charge on any atom is -0.458 e. The zero-order valence-corrected chi connectivity index (χ0v) is 11.4. The van der Waals surface area contributed by atoms with Crippen LogP contribution in [0, 0.1) is 11.8 Å². The van der Waals surface area contributed by atoms with Crippen LogP contribution in [-0.4, -0.2) is 22.3 Å². The summed E-state index contributed by atoms with van der Waals surface area (Å²) in [5.41, 5.74) is 0.213. The molecule has 0 aromatic carbocycles. The highest BCUT2D eigenvalue weighted by atomic mass is 35.5. The predicted molar refractivity (Wildman–Crippen MR) is 68.4 cm³/mol. The molecule has 0 bridgehead atoms. The van der Waals surface area contributed by atoms with Crippen LogP contribution in [0.25, 0.3) is 0 Å². The van der Waals surface area contributed by atoms with Crippen molar-refractivity contribution in [1.82, 2.24) is 10.2 Å². The second-order valence-corrected chi connectivity index (χ2v) is 5.57. The van der Waals surface area contributed by atoms with Crippen LogP contribution in [0.2, 0.25) is 5.15 Å². The van der Waals surface area contributed by atoms with Gasteiger partial charge < -0.3 is 4.74 Å². The molecule has 0 aliphatic heterocycles. The Balaban J connectivity index is 1.96. The maximum Gasteiger partial charge on any atom is 0.359 e. The highest BCUT2D eigenvalue weighted by Gasteiger charge is 2.27. The third kappa shape index (κ3) is 3.42. The van der Waals surface area contributed by atoms with Gasteiger partial charge in [0.2, 0.25) is 0 Å². The van der Waals surface area contributed by atoms with E-state index in [2.05, 4.69) is 24.0 Å². The summed E-state index contributed by atoms with van der Waals surface area (Å²) in [6.07, 6.45) is 3.05. The predicted octanol–water partition coefficient (Wildman–Crippen LogP) is 3.11. The molecule has 18 heavy (non-hydrogen) atoms. The zero-order valence-electron chi connectivity index (χ0n) is 10.6. The molecule has 0 N–H and O–H groups in total. The number of carbonyl (C=O) groups is 1. The smallest absolute Gasteiger partial charge is 0.359 e. The van der Waals surface area contributed by atoms with Gasteiger partial charge in [-0.1, -0.05) is 25.4 Å². The lowest BCUT2D eigenvalue weighted by atomic mass is 9.82. The van der Waals surface area contributed by atoms with Gasteiger partial charge in [-0.2, -0.15) is 0 Å². The van der Waals surface area contributed by atoms with Gasteiger partial charge in [-0.25, -0.2) is 4.79 Å². The Morgan fingerprint density at radius 1 is 1.22 bits per heavy atom. The van der Waals surface area contributed by atoms with Crippen molar-refractivity contribution in [3.8, 4) is 0 Å². The van der Waals surface area contributed by atoms with Crippen LogP contribution >= 0.6 is 11.6 Å². The van der Waals surface area contributed by atoms with E-state index in [0.717, 1.165) is 12.8 Å². The van der Waals surface area contributed by atoms with E-state index in [1.165, 1.54) is 18.6 Å². The quantitative estimate of drug-likeness (QED) is 0.774. The van der Waals surface area contributed by atoms with Gasteiger partial charge in [-0.05, 0) is 43.2 Å². The third-order valence-corrected chi connectivity index (χ3v) is 3.45. The Hall–Kier alpha value is -1.16. The van der Waals surface area contributed by atoms with Crippen LogP contribution in [0.5, 0.6) is 0 Å². The lowest BCUT2D eigenvalue weighted by Crippen LogP contribution is -2.28. The van der Waals surface area contributed by atoms with Crippen LogP contribution in [0.4, 0.5) is 0 Å². The first kappa shape index (κ1) is 13.3. The van der Waals surface area contributed by atoms with E-state index in [9.17, 15) is 4.79 Å². The molecule has 1 aromatic rings. The lowest BCUT2D eigenvalue weighted by molar-refractivity contribution is 0.00734. The van der Waals surface area contributed by atoms with E-state index in [4.69, 9.17) is 16.3 Å². The molecule has 0 saturated heterocycles. The minimum atomic E-state index is -0.412. The van der Waals surface area contributed by atoms with Gasteiger partial charge in [0.05, 0.1) is 0 Å². The zero-order chi connectivity index (χ0) is 13.1. The molecule has 2 atom stereocenters. The molecule has 0 amide bonds. The fourth-order valence-electron chi connectivity index (χ4n) is 2.61. The lowest BCUT2D eigenvalue weighted by Gasteiger charge is -2.30. The average molecular weight is 269 g/mol. The van der Waals surface area contributed by atoms with Crippen LogP contribution in [0.15, 0.2) is 12.1 Å². The number of aromatic nitrogens is 2. The summed E-state index contributed by atoms with van der Waals surface area (Å²) in [7, 11) is 0. The first-order valence-corrected chi connectivity index (χ1v) is 6.62. The van der Waals surface area contributed by atoms with Gasteiger partial charge in [-0.15, -0.1) is 10.2 Å². The van der Waals surface area contributed by atoms with E-state index in [1.807, 2.05) is 0 Å². The minimum absolute atomic E-state index is 0.00581. The molecule has 1 heterocycles. The third-order valence-electron chi connectivity index (χ3n) is 3.25. The SMILES string of the molecule is CC1CC(C)CC(OC(=O)c2ccc(Cl)nn2)C1. The van der Waals surface area contributed by atoms with E-state index in [-0.39, 0.29) is 17.0 Å². The highest BCUT2D eigenvalue weighted by Crippen LogP contribution is 2.30. The Bertz CT molecular complexity index is 412. The van der Waals surface area contributed by atoms with E-state index in [0.29, 0.717) is 11.8 Å². The second-order valence-electron chi connectivity index (χ2n) is 5.19. The number of ether oxygens (including phenoxy) is 1. The number of hydrogen-bond donors (Lipinski definition) is 0. The summed E-state index contributed by atoms with van der Waals surface area (Å²) >= 11 is 5.62. The van der Waals surface area contributed by atoms with Gasteiger partial charge >= 0.3 is 5.97 Å². The summed E-state index contributed by atoms with van der Waals surface area (Å²) < 4.78 is 5.47. The number of rotatable bonds is 2. The number of hydrogen-bond acceptors (Lipinski definition) is 4. The fraction of sp³-hybridized carbons (Fsp3) is 0.615. The van der Waals surface area contributed by atoms with Gasteiger partial charge in [0.1, 0.15) is 6.10 Å². The van der Waals surface area contributed by atoms with Crippen LogP contribution in [0.3, 0.4) is 0 Å². The van der Waals surface area contributed by atoms with Crippen molar-refractivity contribution >= 4 is 17.6 Å². The van der Waals surface area contributed by atoms with E-state index < -0.39 is 5.97 Å². The maximum atomic E-state index is 11.9. The highest BCUT2D eigenvalue weighted by molar-refractivity contribution is 6.29. The summed E-state index contributed by atoms with van der Waals surface area (Å²) in [6, 6.07) is 3.07. The summed E-state index contributed by atoms with van der Waals surface area (Å²) in [4.78, 5) is 11.9. The van der Waals surface area contributed by atoms with Crippen LogP contribution < -0.4 is 0 Å². The Morgan fingerprint density at radius 2 is 1.89 bits per heavy atom. The number of nitrogens with zero attached hydrogens (tertiary/aromatic N) is 2. The summed E-state index contributed by atoms with van der Waals surface area (Å²) in [5.74, 6) is 0.788. The molecule has 0 spiro atoms. The fourth-order valence-corrected chi connectivity index (χ4v) is 2.71. The van der Waals surface area contributed by atoms with Gasteiger partial charge in [0.25, 0.3) is 0 Å². The molecule has 2 rings (SSSR count). The first-order chi connectivity index (χ1) is 8.54. The van der Waals surface area contributed by atoms with E-state index >= 15 is 0 Å². The molecule has 1 aliphatic carbocycles. The van der Waals surface area contributed by atoms with Crippen molar-refractivity contribution in [2.45, 2.75) is 39.2 Å². The van der Waals surface area contributed by atoms with Crippen molar-refractivity contribution in [3.05, 3.63) is 23.0 Å². The molecule has 1 aromatic heterocycles. The molecular formula is C13H17ClN2O2. The second kappa shape index (κ2) is 5.65. The standard InChI is InChI=1S/C13H17ClN2O2/c1-8-5-9(2)7-10(6-8)18-13(17)11-3-4-12(14)16-15-11/h3-4,8-10H,5-7H2,1-2H3. The summed E-state index contributed by atoms with van der Waals surface area (Å²) in [6.45, 7) is 4.39. The van der Waals surface area contributed by atoms with Crippen LogP contribution in [0.1, 0.15) is 43.6 Å². The van der Waals surface area contributed by atoms with Crippen molar-refractivity contribution in [2.75, 3.05) is 0 Å². The van der Waals surface area contributed by atoms with Gasteiger partial charge in [-0.3, -0.25) is 0 Å². The van der Waals surface area contributed by atoms with Gasteiger partial charge in [0, 0.05) is 0 Å². The maximum absolute atomic E-state index is 11.9. The van der Waals surface area contributed by atoms with Crippen LogP contribution in [-0.2, 0) is 4.74 Å². The summed E-state index contributed by atoms with van der Waals surface area (Å²) in [5, 5.41) is 7.63. The van der Waals surface area contributed by atoms with Crippen molar-refractivity contribution in [2.24, 2.45) is 11.8 Å². The van der Waals surface area contributed by atoms with Crippen molar-refractivity contribution in [3.63, 3.8) is 0 Å². The Morgan fingerprint density at radius 3 is 2.44 bits per heavy atom. The number of esters is 1. The molecule has 1 saturated carbocycles. The topological polar surface area (TPSA) is 52.1 Å². The molecule has 4 nitrogen and oxygen atoms in total. The molecule has 1 fully saturated rings. The van der Waals surface area contributed by atoms with Crippen molar-refractivity contribution < 1.29 is 9.53 Å². The monoisotopic (exact) mass is 268 g/mol. The molecule has 0 radical (unpaired) electrons. The average Bonchev–Trinajstić information content (AvgIpc) is 2.28. The normalized spacial score (nSPS) is 27.8. The molecular weight excluding hydrogens is 252 g/mol. The molecule has 2 unspecified atom stereocenters. The van der Waals surface area contributed by atoms with Crippen molar-refractivity contribution in [1.29, 1.82) is 0 Å².